The lowest BCUT2D eigenvalue weighted by atomic mass is 10.2. The van der Waals surface area contributed by atoms with Crippen molar-refractivity contribution in [1.82, 2.24) is 5.32 Å². The van der Waals surface area contributed by atoms with Crippen LogP contribution >= 0.6 is 27.7 Å². The van der Waals surface area contributed by atoms with Gasteiger partial charge in [0.05, 0.1) is 17.1 Å². The fourth-order valence-corrected chi connectivity index (χ4v) is 2.91. The predicted octanol–water partition coefficient (Wildman–Crippen LogP) is 2.26. The Hall–Kier alpha value is -1.88. The molecule has 0 aromatic heterocycles. The number of benzene rings is 1. The van der Waals surface area contributed by atoms with Gasteiger partial charge in [-0.1, -0.05) is 11.8 Å². The molecule has 1 atom stereocenters. The Morgan fingerprint density at radius 3 is 2.78 bits per heavy atom. The molecule has 1 aromatic rings. The molecule has 0 bridgehead atoms. The van der Waals surface area contributed by atoms with Crippen LogP contribution in [0.4, 0.5) is 13.2 Å². The fraction of sp³-hybridized carbons (Fsp3) is 0.167. The summed E-state index contributed by atoms with van der Waals surface area (Å²) in [4.78, 5) is 22.0. The molecule has 2 rings (SSSR count). The van der Waals surface area contributed by atoms with Crippen LogP contribution in [0.3, 0.4) is 0 Å². The second-order valence-electron chi connectivity index (χ2n) is 4.23. The topological polar surface area (TPSA) is 91.1 Å². The van der Waals surface area contributed by atoms with E-state index in [0.29, 0.717) is 6.07 Å². The molecule has 0 spiro atoms. The normalized spacial score (nSPS) is 19.6. The minimum absolute atomic E-state index is 0.0274. The van der Waals surface area contributed by atoms with Gasteiger partial charge < -0.3 is 10.4 Å². The molecule has 1 amide bonds. The number of carboxylic acid groups (broad SMARTS) is 1. The van der Waals surface area contributed by atoms with Gasteiger partial charge in [0.1, 0.15) is 11.1 Å². The number of rotatable bonds is 4. The average molecular weight is 410 g/mol. The Morgan fingerprint density at radius 1 is 1.43 bits per heavy atom. The molecule has 2 N–H and O–H groups in total. The van der Waals surface area contributed by atoms with E-state index in [1.165, 1.54) is 0 Å². The molecule has 6 nitrogen and oxygen atoms in total. The van der Waals surface area contributed by atoms with Crippen molar-refractivity contribution in [3.05, 3.63) is 33.6 Å². The minimum Gasteiger partial charge on any atom is -0.481 e. The Bertz CT molecular complexity index is 742. The SMILES string of the molecule is O=C(O)CC1SC(=NN=Cc2cc(F)c(F)c(Br)c2F)NC1=O. The molecule has 1 aliphatic heterocycles. The highest BCUT2D eigenvalue weighted by Gasteiger charge is 2.32. The molecule has 1 saturated heterocycles. The standard InChI is InChI=1S/C12H7BrF3N3O3S/c13-8-9(15)4(1-5(14)10(8)16)3-17-19-12-18-11(22)6(23-12)2-7(20)21/h1,3,6H,2H2,(H,20,21)(H,18,19,22). The Kier molecular flexibility index (Phi) is 5.42. The number of carboxylic acids is 1. The number of aliphatic carboxylic acids is 1. The summed E-state index contributed by atoms with van der Waals surface area (Å²) in [6.07, 6.45) is 0.455. The van der Waals surface area contributed by atoms with E-state index in [2.05, 4.69) is 31.4 Å². The third kappa shape index (κ3) is 4.10. The second kappa shape index (κ2) is 7.13. The van der Waals surface area contributed by atoms with Crippen LogP contribution in [0, 0.1) is 17.5 Å². The van der Waals surface area contributed by atoms with Crippen LogP contribution in [0.2, 0.25) is 0 Å². The minimum atomic E-state index is -1.36. The van der Waals surface area contributed by atoms with Crippen molar-refractivity contribution in [2.45, 2.75) is 11.7 Å². The van der Waals surface area contributed by atoms with Gasteiger partial charge in [-0.2, -0.15) is 5.10 Å². The summed E-state index contributed by atoms with van der Waals surface area (Å²) in [5.74, 6) is -5.36. The van der Waals surface area contributed by atoms with E-state index in [4.69, 9.17) is 5.11 Å². The van der Waals surface area contributed by atoms with Crippen LogP contribution in [-0.4, -0.2) is 33.6 Å². The third-order valence-electron chi connectivity index (χ3n) is 2.61. The largest absolute Gasteiger partial charge is 0.481 e. The lowest BCUT2D eigenvalue weighted by Gasteiger charge is -2.01. The summed E-state index contributed by atoms with van der Waals surface area (Å²) >= 11 is 3.43. The number of halogens is 4. The fourth-order valence-electron chi connectivity index (χ4n) is 1.57. The summed E-state index contributed by atoms with van der Waals surface area (Å²) in [7, 11) is 0. The number of hydrogen-bond donors (Lipinski definition) is 2. The van der Waals surface area contributed by atoms with E-state index in [9.17, 15) is 22.8 Å². The van der Waals surface area contributed by atoms with Crippen molar-refractivity contribution in [2.24, 2.45) is 10.2 Å². The quantitative estimate of drug-likeness (QED) is 0.345. The first-order valence-corrected chi connectivity index (χ1v) is 7.60. The molecule has 1 aromatic carbocycles. The maximum Gasteiger partial charge on any atom is 0.305 e. The van der Waals surface area contributed by atoms with Gasteiger partial charge >= 0.3 is 5.97 Å². The van der Waals surface area contributed by atoms with Crippen LogP contribution in [-0.2, 0) is 9.59 Å². The zero-order chi connectivity index (χ0) is 17.1. The van der Waals surface area contributed by atoms with E-state index in [-0.39, 0.29) is 17.2 Å². The van der Waals surface area contributed by atoms with Crippen molar-refractivity contribution in [3.63, 3.8) is 0 Å². The zero-order valence-corrected chi connectivity index (χ0v) is 13.4. The maximum absolute atomic E-state index is 13.7. The third-order valence-corrected chi connectivity index (χ3v) is 4.38. The molecule has 23 heavy (non-hydrogen) atoms. The number of amides is 1. The highest BCUT2D eigenvalue weighted by molar-refractivity contribution is 9.10. The van der Waals surface area contributed by atoms with Crippen molar-refractivity contribution < 1.29 is 27.9 Å². The van der Waals surface area contributed by atoms with Crippen LogP contribution < -0.4 is 5.32 Å². The summed E-state index contributed by atoms with van der Waals surface area (Å²) < 4.78 is 39.3. The molecule has 1 unspecified atom stereocenters. The molecule has 0 saturated carbocycles. The molecular formula is C12H7BrF3N3O3S. The van der Waals surface area contributed by atoms with E-state index in [0.717, 1.165) is 18.0 Å². The Morgan fingerprint density at radius 2 is 2.13 bits per heavy atom. The van der Waals surface area contributed by atoms with Gasteiger partial charge in [0.15, 0.2) is 16.8 Å². The lowest BCUT2D eigenvalue weighted by molar-refractivity contribution is -0.138. The highest BCUT2D eigenvalue weighted by atomic mass is 79.9. The predicted molar refractivity (Wildman–Crippen MR) is 80.8 cm³/mol. The van der Waals surface area contributed by atoms with E-state index in [1.54, 1.807) is 0 Å². The van der Waals surface area contributed by atoms with Crippen LogP contribution in [0.25, 0.3) is 0 Å². The first-order chi connectivity index (χ1) is 10.8. The number of thioether (sulfide) groups is 1. The van der Waals surface area contributed by atoms with Gasteiger partial charge in [0.25, 0.3) is 0 Å². The number of nitrogens with zero attached hydrogens (tertiary/aromatic N) is 2. The average Bonchev–Trinajstić information content (AvgIpc) is 2.81. The van der Waals surface area contributed by atoms with Crippen LogP contribution in [0.1, 0.15) is 12.0 Å². The summed E-state index contributed by atoms with van der Waals surface area (Å²) in [5.41, 5.74) is -0.350. The lowest BCUT2D eigenvalue weighted by Crippen LogP contribution is -2.26. The zero-order valence-electron chi connectivity index (χ0n) is 11.0. The van der Waals surface area contributed by atoms with Gasteiger partial charge in [0, 0.05) is 5.56 Å². The van der Waals surface area contributed by atoms with Gasteiger partial charge in [-0.05, 0) is 22.0 Å². The first-order valence-electron chi connectivity index (χ1n) is 5.93. The monoisotopic (exact) mass is 409 g/mol. The van der Waals surface area contributed by atoms with Crippen molar-refractivity contribution >= 4 is 51.0 Å². The molecule has 1 aliphatic rings. The van der Waals surface area contributed by atoms with E-state index >= 15 is 0 Å². The Balaban J connectivity index is 2.13. The molecule has 122 valence electrons. The summed E-state index contributed by atoms with van der Waals surface area (Å²) in [6.45, 7) is 0. The molecule has 0 radical (unpaired) electrons. The number of nitrogens with one attached hydrogen (secondary N) is 1. The van der Waals surface area contributed by atoms with Crippen molar-refractivity contribution in [2.75, 3.05) is 0 Å². The molecule has 11 heteroatoms. The smallest absolute Gasteiger partial charge is 0.305 e. The van der Waals surface area contributed by atoms with Crippen molar-refractivity contribution in [1.29, 1.82) is 0 Å². The van der Waals surface area contributed by atoms with Crippen LogP contribution in [0.15, 0.2) is 20.7 Å². The number of carbonyl (C=O) groups is 2. The van der Waals surface area contributed by atoms with Gasteiger partial charge in [0.2, 0.25) is 5.91 Å². The van der Waals surface area contributed by atoms with Gasteiger partial charge in [-0.15, -0.1) is 5.10 Å². The van der Waals surface area contributed by atoms with E-state index in [1.807, 2.05) is 0 Å². The van der Waals surface area contributed by atoms with E-state index < -0.39 is 39.1 Å². The van der Waals surface area contributed by atoms with Gasteiger partial charge in [-0.3, -0.25) is 9.59 Å². The van der Waals surface area contributed by atoms with Crippen LogP contribution in [0.5, 0.6) is 0 Å². The second-order valence-corrected chi connectivity index (χ2v) is 6.22. The first kappa shape index (κ1) is 17.5. The van der Waals surface area contributed by atoms with Crippen molar-refractivity contribution in [3.8, 4) is 0 Å². The number of amidine groups is 1. The highest BCUT2D eigenvalue weighted by Crippen LogP contribution is 2.25. The Labute approximate surface area is 140 Å². The molecule has 1 heterocycles. The summed E-state index contributed by atoms with van der Waals surface area (Å²) in [6, 6.07) is 0.604. The maximum atomic E-state index is 13.7. The summed E-state index contributed by atoms with van der Waals surface area (Å²) in [5, 5.41) is 17.2. The molecule has 1 fully saturated rings. The van der Waals surface area contributed by atoms with Gasteiger partial charge in [-0.25, -0.2) is 13.2 Å². The molecule has 0 aliphatic carbocycles. The molecular weight excluding hydrogens is 403 g/mol. The number of carbonyl (C=O) groups excluding carboxylic acids is 1. The number of hydrogen-bond acceptors (Lipinski definition) is 5.